The molecule has 2 aliphatic rings. The number of nitrogens with zero attached hydrogens (tertiary/aromatic N) is 3. The Morgan fingerprint density at radius 2 is 1.82 bits per heavy atom. The van der Waals surface area contributed by atoms with Gasteiger partial charge < -0.3 is 4.74 Å². The summed E-state index contributed by atoms with van der Waals surface area (Å²) in [7, 11) is 1.62. The summed E-state index contributed by atoms with van der Waals surface area (Å²) in [5.41, 5.74) is 2.39. The molecule has 1 atom stereocenters. The van der Waals surface area contributed by atoms with Gasteiger partial charge in [-0.25, -0.2) is 4.39 Å². The molecule has 5 heteroatoms. The number of rotatable bonds is 6. The molecule has 0 N–H and O–H groups in total. The Hall–Kier alpha value is -1.98. The van der Waals surface area contributed by atoms with Crippen LogP contribution in [0.4, 0.5) is 4.39 Å². The first kappa shape index (κ1) is 19.3. The van der Waals surface area contributed by atoms with Gasteiger partial charge in [0, 0.05) is 43.7 Å². The van der Waals surface area contributed by atoms with E-state index >= 15 is 0 Å². The van der Waals surface area contributed by atoms with E-state index in [1.807, 2.05) is 24.5 Å². The smallest absolute Gasteiger partial charge is 0.126 e. The summed E-state index contributed by atoms with van der Waals surface area (Å²) in [6.07, 6.45) is 7.67. The average Bonchev–Trinajstić information content (AvgIpc) is 3.19. The van der Waals surface area contributed by atoms with Gasteiger partial charge in [0.2, 0.25) is 0 Å². The van der Waals surface area contributed by atoms with Gasteiger partial charge in [-0.15, -0.1) is 0 Å². The highest BCUT2D eigenvalue weighted by Gasteiger charge is 2.32. The minimum Gasteiger partial charge on any atom is -0.496 e. The summed E-state index contributed by atoms with van der Waals surface area (Å²) in [4.78, 5) is 9.29. The summed E-state index contributed by atoms with van der Waals surface area (Å²) in [5.74, 6) is 2.03. The number of methoxy groups -OCH3 is 1. The van der Waals surface area contributed by atoms with Crippen LogP contribution in [0.15, 0.2) is 42.7 Å². The predicted molar refractivity (Wildman–Crippen MR) is 109 cm³/mol. The van der Waals surface area contributed by atoms with Crippen molar-refractivity contribution in [1.82, 2.24) is 14.8 Å². The Kier molecular flexibility index (Phi) is 6.23. The Balaban J connectivity index is 1.26. The average molecular weight is 384 g/mol. The number of piperidine rings is 1. The molecule has 2 aliphatic heterocycles. The van der Waals surface area contributed by atoms with Crippen molar-refractivity contribution in [3.63, 3.8) is 0 Å². The molecule has 0 radical (unpaired) electrons. The fourth-order valence-corrected chi connectivity index (χ4v) is 4.81. The maximum Gasteiger partial charge on any atom is 0.126 e. The molecule has 4 rings (SSSR count). The Bertz CT molecular complexity index is 762. The predicted octanol–water partition coefficient (Wildman–Crippen LogP) is 3.96. The number of likely N-dealkylation sites (tertiary alicyclic amines) is 2. The number of ether oxygens (including phenoxy) is 1. The third-order valence-electron chi connectivity index (χ3n) is 6.38. The number of hydrogen-bond acceptors (Lipinski definition) is 4. The van der Waals surface area contributed by atoms with Gasteiger partial charge in [-0.1, -0.05) is 12.1 Å². The van der Waals surface area contributed by atoms with Crippen molar-refractivity contribution in [3.8, 4) is 5.75 Å². The van der Waals surface area contributed by atoms with Gasteiger partial charge >= 0.3 is 0 Å². The fourth-order valence-electron chi connectivity index (χ4n) is 4.81. The van der Waals surface area contributed by atoms with E-state index in [9.17, 15) is 4.39 Å². The Morgan fingerprint density at radius 3 is 2.57 bits per heavy atom. The molecule has 3 heterocycles. The quantitative estimate of drug-likeness (QED) is 0.755. The molecule has 0 saturated carbocycles. The zero-order valence-electron chi connectivity index (χ0n) is 16.7. The van der Waals surface area contributed by atoms with Crippen LogP contribution in [0.3, 0.4) is 0 Å². The first-order chi connectivity index (χ1) is 13.7. The van der Waals surface area contributed by atoms with Crippen molar-refractivity contribution >= 4 is 0 Å². The lowest BCUT2D eigenvalue weighted by molar-refractivity contribution is 0.141. The van der Waals surface area contributed by atoms with E-state index in [1.54, 1.807) is 7.11 Å². The van der Waals surface area contributed by atoms with Crippen LogP contribution >= 0.6 is 0 Å². The molecule has 2 saturated heterocycles. The monoisotopic (exact) mass is 383 g/mol. The lowest BCUT2D eigenvalue weighted by Gasteiger charge is -2.35. The summed E-state index contributed by atoms with van der Waals surface area (Å²) in [6.45, 7) is 6.50. The zero-order valence-corrected chi connectivity index (χ0v) is 16.7. The lowest BCUT2D eigenvalue weighted by atomic mass is 9.83. The lowest BCUT2D eigenvalue weighted by Crippen LogP contribution is -2.36. The molecule has 1 aromatic carbocycles. The zero-order chi connectivity index (χ0) is 19.3. The third kappa shape index (κ3) is 4.70. The summed E-state index contributed by atoms with van der Waals surface area (Å²) >= 11 is 0. The van der Waals surface area contributed by atoms with E-state index in [0.29, 0.717) is 5.75 Å². The fraction of sp³-hybridized carbons (Fsp3) is 0.522. The maximum absolute atomic E-state index is 13.4. The Morgan fingerprint density at radius 1 is 1.04 bits per heavy atom. The molecular weight excluding hydrogens is 353 g/mol. The van der Waals surface area contributed by atoms with Crippen molar-refractivity contribution < 1.29 is 9.13 Å². The summed E-state index contributed by atoms with van der Waals surface area (Å²) < 4.78 is 18.8. The molecule has 28 heavy (non-hydrogen) atoms. The Labute approximate surface area is 167 Å². The summed E-state index contributed by atoms with van der Waals surface area (Å²) in [6, 6.07) is 9.06. The molecular formula is C23H30FN3O. The minimum atomic E-state index is -0.238. The van der Waals surface area contributed by atoms with Crippen LogP contribution in [0.2, 0.25) is 0 Å². The molecule has 150 valence electrons. The van der Waals surface area contributed by atoms with Crippen LogP contribution in [0.5, 0.6) is 5.75 Å². The first-order valence-corrected chi connectivity index (χ1v) is 10.4. The molecule has 0 bridgehead atoms. The minimum absolute atomic E-state index is 0.238. The van der Waals surface area contributed by atoms with Crippen molar-refractivity contribution in [3.05, 3.63) is 59.7 Å². The standard InChI is InChI=1S/C23H30FN3O/c1-28-23-13-22(24)5-4-21(23)17-27-12-8-20(16-27)19-6-10-26(11-7-19)15-18-3-2-9-25-14-18/h2-5,9,13-14,19-20H,6-8,10-12,15-17H2,1H3/t20-/m0/s1. The van der Waals surface area contributed by atoms with E-state index < -0.39 is 0 Å². The van der Waals surface area contributed by atoms with Crippen LogP contribution < -0.4 is 4.74 Å². The molecule has 2 fully saturated rings. The van der Waals surface area contributed by atoms with E-state index in [2.05, 4.69) is 20.9 Å². The van der Waals surface area contributed by atoms with Crippen molar-refractivity contribution in [2.75, 3.05) is 33.3 Å². The van der Waals surface area contributed by atoms with Crippen LogP contribution in [0.1, 0.15) is 30.4 Å². The second kappa shape index (κ2) is 9.01. The topological polar surface area (TPSA) is 28.6 Å². The van der Waals surface area contributed by atoms with Gasteiger partial charge in [0.05, 0.1) is 7.11 Å². The molecule has 0 amide bonds. The highest BCUT2D eigenvalue weighted by atomic mass is 19.1. The highest BCUT2D eigenvalue weighted by Crippen LogP contribution is 2.33. The number of hydrogen-bond donors (Lipinski definition) is 0. The largest absolute Gasteiger partial charge is 0.496 e. The number of aromatic nitrogens is 1. The highest BCUT2D eigenvalue weighted by molar-refractivity contribution is 5.34. The molecule has 0 aliphatic carbocycles. The van der Waals surface area contributed by atoms with Gasteiger partial charge in [-0.05, 0) is 68.4 Å². The number of benzene rings is 1. The van der Waals surface area contributed by atoms with Crippen LogP contribution in [0, 0.1) is 17.7 Å². The van der Waals surface area contributed by atoms with Crippen LogP contribution in [-0.2, 0) is 13.1 Å². The molecule has 0 unspecified atom stereocenters. The normalized spacial score (nSPS) is 21.9. The molecule has 4 nitrogen and oxygen atoms in total. The number of halogens is 1. The second-order valence-electron chi connectivity index (χ2n) is 8.21. The van der Waals surface area contributed by atoms with E-state index in [0.717, 1.165) is 43.6 Å². The first-order valence-electron chi connectivity index (χ1n) is 10.4. The summed E-state index contributed by atoms with van der Waals surface area (Å²) in [5, 5.41) is 0. The van der Waals surface area contributed by atoms with Gasteiger partial charge in [0.1, 0.15) is 11.6 Å². The number of pyridine rings is 1. The van der Waals surface area contributed by atoms with Crippen LogP contribution in [-0.4, -0.2) is 48.1 Å². The van der Waals surface area contributed by atoms with Crippen molar-refractivity contribution in [1.29, 1.82) is 0 Å². The third-order valence-corrected chi connectivity index (χ3v) is 6.38. The van der Waals surface area contributed by atoms with E-state index in [4.69, 9.17) is 4.74 Å². The van der Waals surface area contributed by atoms with E-state index in [1.165, 1.54) is 50.0 Å². The SMILES string of the molecule is COc1cc(F)ccc1CN1CC[C@H](C2CCN(Cc3cccnc3)CC2)C1. The van der Waals surface area contributed by atoms with Crippen LogP contribution in [0.25, 0.3) is 0 Å². The second-order valence-corrected chi connectivity index (χ2v) is 8.21. The van der Waals surface area contributed by atoms with Gasteiger partial charge in [0.25, 0.3) is 0 Å². The van der Waals surface area contributed by atoms with Gasteiger partial charge in [-0.3, -0.25) is 14.8 Å². The van der Waals surface area contributed by atoms with Crippen molar-refractivity contribution in [2.24, 2.45) is 11.8 Å². The van der Waals surface area contributed by atoms with Crippen molar-refractivity contribution in [2.45, 2.75) is 32.4 Å². The maximum atomic E-state index is 13.4. The van der Waals surface area contributed by atoms with E-state index in [-0.39, 0.29) is 5.82 Å². The molecule has 1 aromatic heterocycles. The van der Waals surface area contributed by atoms with Gasteiger partial charge in [-0.2, -0.15) is 0 Å². The van der Waals surface area contributed by atoms with Gasteiger partial charge in [0.15, 0.2) is 0 Å². The molecule has 2 aromatic rings. The molecule has 0 spiro atoms.